The van der Waals surface area contributed by atoms with Crippen LogP contribution in [-0.4, -0.2) is 29.7 Å². The zero-order valence-corrected chi connectivity index (χ0v) is 16.4. The fourth-order valence-corrected chi connectivity index (χ4v) is 3.92. The first-order valence-corrected chi connectivity index (χ1v) is 9.47. The molecule has 4 heteroatoms. The van der Waals surface area contributed by atoms with E-state index in [1.165, 1.54) is 24.0 Å². The minimum absolute atomic E-state index is 0.165. The molecule has 3 nitrogen and oxygen atoms in total. The molecule has 1 saturated heterocycles. The summed E-state index contributed by atoms with van der Waals surface area (Å²) < 4.78 is 6.59. The van der Waals surface area contributed by atoms with Gasteiger partial charge in [-0.2, -0.15) is 0 Å². The van der Waals surface area contributed by atoms with Gasteiger partial charge in [-0.3, -0.25) is 0 Å². The summed E-state index contributed by atoms with van der Waals surface area (Å²) in [7, 11) is 0. The van der Waals surface area contributed by atoms with Crippen LogP contribution in [0.5, 0.6) is 0 Å². The van der Waals surface area contributed by atoms with Gasteiger partial charge in [0.1, 0.15) is 5.60 Å². The van der Waals surface area contributed by atoms with Gasteiger partial charge in [0.2, 0.25) is 0 Å². The number of hydrogen-bond acceptors (Lipinski definition) is 2. The van der Waals surface area contributed by atoms with Crippen LogP contribution in [0.4, 0.5) is 4.79 Å². The van der Waals surface area contributed by atoms with Crippen LogP contribution in [-0.2, 0) is 4.74 Å². The highest BCUT2D eigenvalue weighted by atomic mass is 79.9. The number of carbonyl (C=O) groups excluding carboxylic acids is 1. The largest absolute Gasteiger partial charge is 0.444 e. The first-order chi connectivity index (χ1) is 11.2. The molecule has 1 aliphatic heterocycles. The molecule has 0 aromatic heterocycles. The number of carbonyl (C=O) groups is 1. The Morgan fingerprint density at radius 3 is 2.29 bits per heavy atom. The Balaban J connectivity index is 1.51. The lowest BCUT2D eigenvalue weighted by Gasteiger charge is -2.49. The molecular formula is C20H26BrNO2. The molecule has 130 valence electrons. The molecule has 0 N–H and O–H groups in total. The fraction of sp³-hybridized carbons (Fsp3) is 0.550. The lowest BCUT2D eigenvalue weighted by molar-refractivity contribution is 0.00449. The van der Waals surface area contributed by atoms with Crippen molar-refractivity contribution in [3.63, 3.8) is 0 Å². The number of likely N-dealkylation sites (tertiary alicyclic amines) is 1. The number of nitrogens with zero attached hydrogens (tertiary/aromatic N) is 1. The number of allylic oxidation sites excluding steroid dienone is 1. The first kappa shape index (κ1) is 17.5. The van der Waals surface area contributed by atoms with Crippen molar-refractivity contribution in [1.82, 2.24) is 4.90 Å². The molecule has 0 atom stereocenters. The predicted octanol–water partition coefficient (Wildman–Crippen LogP) is 5.64. The number of ether oxygens (including phenoxy) is 1. The molecule has 2 fully saturated rings. The van der Waals surface area contributed by atoms with Crippen molar-refractivity contribution in [2.75, 3.05) is 13.1 Å². The summed E-state index contributed by atoms with van der Waals surface area (Å²) in [6.07, 6.45) is 6.67. The number of rotatable bonds is 1. The van der Waals surface area contributed by atoms with Gasteiger partial charge in [-0.25, -0.2) is 4.79 Å². The highest BCUT2D eigenvalue weighted by Gasteiger charge is 2.43. The van der Waals surface area contributed by atoms with Crippen LogP contribution in [0.2, 0.25) is 0 Å². The molecule has 1 aromatic carbocycles. The molecule has 1 heterocycles. The van der Waals surface area contributed by atoms with Crippen molar-refractivity contribution in [3.8, 4) is 0 Å². The number of halogens is 1. The Kier molecular flexibility index (Phi) is 4.78. The minimum Gasteiger partial charge on any atom is -0.444 e. The van der Waals surface area contributed by atoms with E-state index in [4.69, 9.17) is 4.74 Å². The van der Waals surface area contributed by atoms with Crippen LogP contribution in [0.25, 0.3) is 6.08 Å². The SMILES string of the molecule is CC(C)(C)OC(=O)N1CCC2(CC1)CC(=Cc1ccc(Br)cc1)C2. The minimum atomic E-state index is -0.413. The Labute approximate surface area is 153 Å². The molecule has 3 rings (SSSR count). The van der Waals surface area contributed by atoms with Gasteiger partial charge >= 0.3 is 6.09 Å². The molecule has 0 unspecified atom stereocenters. The summed E-state index contributed by atoms with van der Waals surface area (Å²) in [5.74, 6) is 0. The van der Waals surface area contributed by atoms with E-state index in [9.17, 15) is 4.79 Å². The van der Waals surface area contributed by atoms with Crippen LogP contribution in [0, 0.1) is 5.41 Å². The van der Waals surface area contributed by atoms with Gasteiger partial charge < -0.3 is 9.64 Å². The van der Waals surface area contributed by atoms with E-state index in [1.807, 2.05) is 25.7 Å². The van der Waals surface area contributed by atoms with E-state index in [0.717, 1.165) is 30.4 Å². The smallest absolute Gasteiger partial charge is 0.410 e. The normalized spacial score (nSPS) is 19.8. The second-order valence-corrected chi connectivity index (χ2v) is 9.09. The quantitative estimate of drug-likeness (QED) is 0.619. The summed E-state index contributed by atoms with van der Waals surface area (Å²) in [5.41, 5.74) is 2.81. The summed E-state index contributed by atoms with van der Waals surface area (Å²) in [6.45, 7) is 7.39. The van der Waals surface area contributed by atoms with Gasteiger partial charge in [0.25, 0.3) is 0 Å². The van der Waals surface area contributed by atoms with E-state index < -0.39 is 5.60 Å². The molecule has 1 amide bonds. The third-order valence-corrected chi connectivity index (χ3v) is 5.45. The monoisotopic (exact) mass is 391 g/mol. The average molecular weight is 392 g/mol. The van der Waals surface area contributed by atoms with Gasteiger partial charge in [0.05, 0.1) is 0 Å². The van der Waals surface area contributed by atoms with Crippen LogP contribution in [0.15, 0.2) is 34.3 Å². The molecule has 1 saturated carbocycles. The maximum absolute atomic E-state index is 12.2. The van der Waals surface area contributed by atoms with Crippen molar-refractivity contribution >= 4 is 28.1 Å². The third-order valence-electron chi connectivity index (χ3n) is 4.92. The van der Waals surface area contributed by atoms with Crippen molar-refractivity contribution in [2.24, 2.45) is 5.41 Å². The summed E-state index contributed by atoms with van der Waals surface area (Å²) in [6, 6.07) is 8.46. The highest BCUT2D eigenvalue weighted by Crippen LogP contribution is 2.52. The first-order valence-electron chi connectivity index (χ1n) is 8.68. The lowest BCUT2D eigenvalue weighted by Crippen LogP contribution is -2.47. The van der Waals surface area contributed by atoms with E-state index >= 15 is 0 Å². The maximum atomic E-state index is 12.2. The van der Waals surface area contributed by atoms with Crippen molar-refractivity contribution in [3.05, 3.63) is 39.9 Å². The van der Waals surface area contributed by atoms with Gasteiger partial charge in [-0.05, 0) is 69.6 Å². The van der Waals surface area contributed by atoms with Crippen molar-refractivity contribution < 1.29 is 9.53 Å². The van der Waals surface area contributed by atoms with Gasteiger partial charge in [0.15, 0.2) is 0 Å². The lowest BCUT2D eigenvalue weighted by atomic mass is 9.60. The molecule has 2 aliphatic rings. The van der Waals surface area contributed by atoms with Crippen molar-refractivity contribution in [2.45, 2.75) is 52.1 Å². The predicted molar refractivity (Wildman–Crippen MR) is 101 cm³/mol. The third kappa shape index (κ3) is 4.21. The fourth-order valence-electron chi connectivity index (χ4n) is 3.65. The molecule has 0 bridgehead atoms. The molecular weight excluding hydrogens is 366 g/mol. The summed E-state index contributed by atoms with van der Waals surface area (Å²) >= 11 is 3.47. The Bertz CT molecular complexity index is 625. The summed E-state index contributed by atoms with van der Waals surface area (Å²) in [5, 5.41) is 0. The highest BCUT2D eigenvalue weighted by molar-refractivity contribution is 9.10. The maximum Gasteiger partial charge on any atom is 0.410 e. The number of piperidine rings is 1. The van der Waals surface area contributed by atoms with Gasteiger partial charge in [-0.15, -0.1) is 0 Å². The molecule has 1 spiro atoms. The van der Waals surface area contributed by atoms with Crippen molar-refractivity contribution in [1.29, 1.82) is 0 Å². The van der Waals surface area contributed by atoms with E-state index in [0.29, 0.717) is 5.41 Å². The van der Waals surface area contributed by atoms with Crippen LogP contribution >= 0.6 is 15.9 Å². The Morgan fingerprint density at radius 1 is 1.17 bits per heavy atom. The molecule has 24 heavy (non-hydrogen) atoms. The molecule has 0 radical (unpaired) electrons. The van der Waals surface area contributed by atoms with Gasteiger partial charge in [-0.1, -0.05) is 39.7 Å². The number of hydrogen-bond donors (Lipinski definition) is 0. The number of amides is 1. The molecule has 1 aliphatic carbocycles. The average Bonchev–Trinajstić information content (AvgIpc) is 2.47. The van der Waals surface area contributed by atoms with E-state index in [1.54, 1.807) is 0 Å². The van der Waals surface area contributed by atoms with Crippen LogP contribution < -0.4 is 0 Å². The second kappa shape index (κ2) is 6.55. The zero-order valence-electron chi connectivity index (χ0n) is 14.8. The summed E-state index contributed by atoms with van der Waals surface area (Å²) in [4.78, 5) is 14.0. The number of benzene rings is 1. The van der Waals surface area contributed by atoms with Crippen LogP contribution in [0.1, 0.15) is 52.0 Å². The standard InChI is InChI=1S/C20H26BrNO2/c1-19(2,3)24-18(23)22-10-8-20(9-11-22)13-16(14-20)12-15-4-6-17(21)7-5-15/h4-7,12H,8-11,13-14H2,1-3H3. The molecule has 1 aromatic rings. The Morgan fingerprint density at radius 2 is 1.75 bits per heavy atom. The van der Waals surface area contributed by atoms with Gasteiger partial charge in [0, 0.05) is 17.6 Å². The second-order valence-electron chi connectivity index (χ2n) is 8.18. The van der Waals surface area contributed by atoms with Crippen LogP contribution in [0.3, 0.4) is 0 Å². The van der Waals surface area contributed by atoms with E-state index in [2.05, 4.69) is 46.3 Å². The Hall–Kier alpha value is -1.29. The van der Waals surface area contributed by atoms with E-state index in [-0.39, 0.29) is 6.09 Å². The zero-order chi connectivity index (χ0) is 17.4. The topological polar surface area (TPSA) is 29.5 Å².